The molecule has 0 saturated carbocycles. The second kappa shape index (κ2) is 5.37. The van der Waals surface area contributed by atoms with Crippen molar-refractivity contribution in [2.75, 3.05) is 7.05 Å². The van der Waals surface area contributed by atoms with Crippen molar-refractivity contribution in [2.24, 2.45) is 10.9 Å². The summed E-state index contributed by atoms with van der Waals surface area (Å²) < 4.78 is 0. The number of hydrogen-bond donors (Lipinski definition) is 2. The third kappa shape index (κ3) is 2.70. The van der Waals surface area contributed by atoms with Crippen molar-refractivity contribution in [3.63, 3.8) is 0 Å². The molecule has 0 radical (unpaired) electrons. The Kier molecular flexibility index (Phi) is 4.36. The maximum atomic E-state index is 12.1. The second-order valence-electron chi connectivity index (χ2n) is 3.68. The highest BCUT2D eigenvalue weighted by Crippen LogP contribution is 2.28. The molecule has 1 rings (SSSR count). The van der Waals surface area contributed by atoms with Gasteiger partial charge in [0.25, 0.3) is 5.91 Å². The van der Waals surface area contributed by atoms with E-state index in [1.54, 1.807) is 14.0 Å². The number of hydrogen-bond acceptors (Lipinski definition) is 4. The first kappa shape index (κ1) is 13.8. The fourth-order valence-electron chi connectivity index (χ4n) is 1.19. The maximum Gasteiger partial charge on any atom is 0.265 e. The lowest BCUT2D eigenvalue weighted by Gasteiger charge is -2.23. The number of amidine groups is 1. The Balaban J connectivity index is 2.95. The molecule has 0 aliphatic rings. The Labute approximate surface area is 108 Å². The van der Waals surface area contributed by atoms with E-state index in [0.717, 1.165) is 5.56 Å². The summed E-state index contributed by atoms with van der Waals surface area (Å²) >= 11 is 7.30. The van der Waals surface area contributed by atoms with Gasteiger partial charge < -0.3 is 15.8 Å². The zero-order valence-electron chi connectivity index (χ0n) is 9.77. The summed E-state index contributed by atoms with van der Waals surface area (Å²) in [6.45, 7) is 3.50. The van der Waals surface area contributed by atoms with E-state index < -0.39 is 6.04 Å². The summed E-state index contributed by atoms with van der Waals surface area (Å²) in [7, 11) is 1.58. The van der Waals surface area contributed by atoms with E-state index in [1.165, 1.54) is 16.2 Å². The summed E-state index contributed by atoms with van der Waals surface area (Å²) in [6.07, 6.45) is 0. The molecular formula is C10H14ClN3O2S. The van der Waals surface area contributed by atoms with Gasteiger partial charge in [-0.1, -0.05) is 16.8 Å². The maximum absolute atomic E-state index is 12.1. The van der Waals surface area contributed by atoms with Gasteiger partial charge >= 0.3 is 0 Å². The van der Waals surface area contributed by atoms with Crippen molar-refractivity contribution < 1.29 is 10.0 Å². The quantitative estimate of drug-likeness (QED) is 0.383. The molecule has 7 heteroatoms. The number of likely N-dealkylation sites (N-methyl/N-ethyl adjacent to an activating group) is 1. The van der Waals surface area contributed by atoms with Crippen LogP contribution in [0.2, 0.25) is 5.02 Å². The Bertz CT molecular complexity index is 458. The van der Waals surface area contributed by atoms with Gasteiger partial charge in [-0.15, -0.1) is 11.3 Å². The van der Waals surface area contributed by atoms with Crippen LogP contribution in [0.5, 0.6) is 0 Å². The molecule has 1 aromatic rings. The van der Waals surface area contributed by atoms with Gasteiger partial charge in [-0.2, -0.15) is 0 Å². The predicted octanol–water partition coefficient (Wildman–Crippen LogP) is 1.92. The third-order valence-electron chi connectivity index (χ3n) is 2.54. The van der Waals surface area contributed by atoms with Gasteiger partial charge in [0, 0.05) is 7.05 Å². The van der Waals surface area contributed by atoms with Gasteiger partial charge in [0.05, 0.1) is 11.1 Å². The average molecular weight is 276 g/mol. The fourth-order valence-corrected chi connectivity index (χ4v) is 2.45. The van der Waals surface area contributed by atoms with Crippen LogP contribution in [0.1, 0.15) is 22.2 Å². The molecule has 1 aromatic heterocycles. The molecule has 0 fully saturated rings. The molecule has 1 amide bonds. The van der Waals surface area contributed by atoms with Crippen LogP contribution in [-0.2, 0) is 0 Å². The molecular weight excluding hydrogens is 262 g/mol. The second-order valence-corrected chi connectivity index (χ2v) is 4.94. The molecule has 1 unspecified atom stereocenters. The number of carbonyl (C=O) groups excluding carboxylic acids is 1. The molecule has 17 heavy (non-hydrogen) atoms. The number of oxime groups is 1. The van der Waals surface area contributed by atoms with Crippen LogP contribution in [0, 0.1) is 6.92 Å². The largest absolute Gasteiger partial charge is 0.409 e. The molecule has 0 aliphatic carbocycles. The standard InChI is InChI=1S/C10H14ClN3O2S/c1-5-4-17-8(7(5)11)10(15)14(3)6(2)9(12)13-16/h4,6,16H,1-3H3,(H2,12,13). The van der Waals surface area contributed by atoms with E-state index in [0.29, 0.717) is 9.90 Å². The van der Waals surface area contributed by atoms with Crippen LogP contribution in [0.3, 0.4) is 0 Å². The Morgan fingerprint density at radius 1 is 1.71 bits per heavy atom. The molecule has 0 bridgehead atoms. The van der Waals surface area contributed by atoms with Crippen LogP contribution >= 0.6 is 22.9 Å². The lowest BCUT2D eigenvalue weighted by atomic mass is 10.2. The van der Waals surface area contributed by atoms with Gasteiger partial charge in [0.1, 0.15) is 4.88 Å². The monoisotopic (exact) mass is 275 g/mol. The number of rotatable bonds is 3. The summed E-state index contributed by atoms with van der Waals surface area (Å²) in [6, 6.07) is -0.494. The Hall–Kier alpha value is -1.27. The van der Waals surface area contributed by atoms with Crippen molar-refractivity contribution >= 4 is 34.7 Å². The lowest BCUT2D eigenvalue weighted by Crippen LogP contribution is -2.43. The van der Waals surface area contributed by atoms with Crippen LogP contribution in [0.15, 0.2) is 10.5 Å². The highest BCUT2D eigenvalue weighted by atomic mass is 35.5. The number of carbonyl (C=O) groups is 1. The predicted molar refractivity (Wildman–Crippen MR) is 69.0 cm³/mol. The van der Waals surface area contributed by atoms with Crippen molar-refractivity contribution in [2.45, 2.75) is 19.9 Å². The molecule has 94 valence electrons. The van der Waals surface area contributed by atoms with E-state index in [2.05, 4.69) is 5.16 Å². The van der Waals surface area contributed by atoms with E-state index in [9.17, 15) is 4.79 Å². The number of amides is 1. The van der Waals surface area contributed by atoms with Gasteiger partial charge in [-0.05, 0) is 24.8 Å². The summed E-state index contributed by atoms with van der Waals surface area (Å²) in [4.78, 5) is 13.9. The first-order valence-corrected chi connectivity index (χ1v) is 6.14. The first-order valence-electron chi connectivity index (χ1n) is 4.88. The molecule has 0 aromatic carbocycles. The van der Waals surface area contributed by atoms with E-state index >= 15 is 0 Å². The lowest BCUT2D eigenvalue weighted by molar-refractivity contribution is 0.0781. The average Bonchev–Trinajstić information content (AvgIpc) is 2.66. The highest BCUT2D eigenvalue weighted by molar-refractivity contribution is 7.13. The molecule has 3 N–H and O–H groups in total. The molecule has 0 saturated heterocycles. The molecule has 1 atom stereocenters. The SMILES string of the molecule is Cc1csc(C(=O)N(C)C(C)/C(N)=N/O)c1Cl. The van der Waals surface area contributed by atoms with Crippen molar-refractivity contribution in [3.8, 4) is 0 Å². The first-order chi connectivity index (χ1) is 7.90. The summed E-state index contributed by atoms with van der Waals surface area (Å²) in [5.74, 6) is -0.266. The van der Waals surface area contributed by atoms with Crippen LogP contribution < -0.4 is 5.73 Å². The highest BCUT2D eigenvalue weighted by Gasteiger charge is 2.24. The minimum Gasteiger partial charge on any atom is -0.409 e. The molecule has 0 aliphatic heterocycles. The smallest absolute Gasteiger partial charge is 0.265 e. The number of thiophene rings is 1. The minimum absolute atomic E-state index is 0.0229. The third-order valence-corrected chi connectivity index (χ3v) is 4.22. The van der Waals surface area contributed by atoms with Crippen LogP contribution in [-0.4, -0.2) is 34.9 Å². The van der Waals surface area contributed by atoms with Gasteiger partial charge in [0.2, 0.25) is 0 Å². The topological polar surface area (TPSA) is 78.9 Å². The zero-order chi connectivity index (χ0) is 13.2. The van der Waals surface area contributed by atoms with Gasteiger partial charge in [-0.25, -0.2) is 0 Å². The van der Waals surface area contributed by atoms with Crippen LogP contribution in [0.25, 0.3) is 0 Å². The molecule has 0 spiro atoms. The normalized spacial score (nSPS) is 13.5. The number of nitrogens with two attached hydrogens (primary N) is 1. The zero-order valence-corrected chi connectivity index (χ0v) is 11.3. The van der Waals surface area contributed by atoms with E-state index in [1.807, 2.05) is 12.3 Å². The number of halogens is 1. The summed E-state index contributed by atoms with van der Waals surface area (Å²) in [5, 5.41) is 13.7. The van der Waals surface area contributed by atoms with Crippen LogP contribution in [0.4, 0.5) is 0 Å². The van der Waals surface area contributed by atoms with Gasteiger partial charge in [0.15, 0.2) is 5.84 Å². The van der Waals surface area contributed by atoms with E-state index in [-0.39, 0.29) is 11.7 Å². The fraction of sp³-hybridized carbons (Fsp3) is 0.400. The number of nitrogens with zero attached hydrogens (tertiary/aromatic N) is 2. The summed E-state index contributed by atoms with van der Waals surface area (Å²) in [5.41, 5.74) is 6.32. The van der Waals surface area contributed by atoms with Crippen molar-refractivity contribution in [1.29, 1.82) is 0 Å². The number of aryl methyl sites for hydroxylation is 1. The van der Waals surface area contributed by atoms with Crippen molar-refractivity contribution in [3.05, 3.63) is 20.8 Å². The minimum atomic E-state index is -0.494. The Morgan fingerprint density at radius 2 is 2.29 bits per heavy atom. The van der Waals surface area contributed by atoms with E-state index in [4.69, 9.17) is 22.5 Å². The van der Waals surface area contributed by atoms with Crippen molar-refractivity contribution in [1.82, 2.24) is 4.90 Å². The van der Waals surface area contributed by atoms with Gasteiger partial charge in [-0.3, -0.25) is 4.79 Å². The Morgan fingerprint density at radius 3 is 2.71 bits per heavy atom. The molecule has 1 heterocycles. The molecule has 5 nitrogen and oxygen atoms in total.